The van der Waals surface area contributed by atoms with Gasteiger partial charge in [0.25, 0.3) is 0 Å². The average molecular weight is 1560 g/mol. The predicted octanol–water partition coefficient (Wildman–Crippen LogP) is 24.8. The summed E-state index contributed by atoms with van der Waals surface area (Å²) in [5, 5.41) is 0.633. The minimum atomic E-state index is -0.569. The number of aromatic nitrogens is 6. The van der Waals surface area contributed by atoms with Crippen LogP contribution in [0.25, 0.3) is 113 Å². The van der Waals surface area contributed by atoms with E-state index in [0.29, 0.717) is 40.0 Å². The molecule has 5 heterocycles. The molecule has 12 nitrogen and oxygen atoms in total. The number of hydrogen-bond acceptors (Lipinski definition) is 12. The zero-order chi connectivity index (χ0) is 83.5. The Bertz CT molecular complexity index is 5390. The minimum Gasteiger partial charge on any atom is -0.405 e. The van der Waals surface area contributed by atoms with E-state index in [2.05, 4.69) is 238 Å². The normalized spacial score (nSPS) is 16.6. The number of nitrogens with zero attached hydrogens (tertiary/aromatic N) is 6. The van der Waals surface area contributed by atoms with Crippen molar-refractivity contribution in [2.45, 2.75) is 221 Å². The molecule has 0 radical (unpaired) electrons. The Labute approximate surface area is 695 Å². The molecule has 0 bridgehead atoms. The van der Waals surface area contributed by atoms with Gasteiger partial charge in [-0.05, 0) is 201 Å². The Morgan fingerprint density at radius 3 is 0.784 bits per heavy atom. The smallest absolute Gasteiger partial charge is 0.405 e. The third-order valence-electron chi connectivity index (χ3n) is 23.5. The first-order valence-corrected chi connectivity index (χ1v) is 41.0. The summed E-state index contributed by atoms with van der Waals surface area (Å²) >= 11 is 6.86. The highest BCUT2D eigenvalue weighted by molar-refractivity contribution is 7.11. The summed E-state index contributed by atoms with van der Waals surface area (Å²) < 4.78 is 37.2. The molecule has 16 heteroatoms. The lowest BCUT2D eigenvalue weighted by atomic mass is 9.49. The van der Waals surface area contributed by atoms with Gasteiger partial charge in [-0.3, -0.25) is 0 Å². The van der Waals surface area contributed by atoms with E-state index in [9.17, 15) is 0 Å². The zero-order valence-electron chi connectivity index (χ0n) is 72.3. The molecular formula is C100H112B3ClN6O6. The summed E-state index contributed by atoms with van der Waals surface area (Å²) in [5.74, 6) is 3.61. The molecule has 0 saturated carbocycles. The summed E-state index contributed by atoms with van der Waals surface area (Å²) in [4.78, 5) is 30.7. The molecular weight excluding hydrogens is 1450 g/mol. The van der Waals surface area contributed by atoms with Crippen molar-refractivity contribution in [2.24, 2.45) is 0 Å². The molecule has 15 rings (SSSR count). The molecule has 10 aromatic carbocycles. The highest BCUT2D eigenvalue weighted by Gasteiger charge is 2.64. The van der Waals surface area contributed by atoms with Gasteiger partial charge >= 0.3 is 21.1 Å². The van der Waals surface area contributed by atoms with Crippen LogP contribution >= 0.6 is 11.6 Å². The molecule has 0 unspecified atom stereocenters. The minimum absolute atomic E-state index is 0.00272. The topological polar surface area (TPSA) is 133 Å². The van der Waals surface area contributed by atoms with Crippen LogP contribution < -0.4 is 5.46 Å². The first kappa shape index (κ1) is 84.4. The van der Waals surface area contributed by atoms with Gasteiger partial charge in [-0.15, -0.1) is 0 Å². The van der Waals surface area contributed by atoms with Crippen molar-refractivity contribution in [1.82, 2.24) is 29.9 Å². The van der Waals surface area contributed by atoms with Gasteiger partial charge in [0.2, 0.25) is 0 Å². The van der Waals surface area contributed by atoms with Crippen molar-refractivity contribution in [3.8, 4) is 113 Å². The van der Waals surface area contributed by atoms with Gasteiger partial charge in [-0.1, -0.05) is 313 Å². The van der Waals surface area contributed by atoms with Crippen LogP contribution in [0.2, 0.25) is 5.02 Å². The van der Waals surface area contributed by atoms with Gasteiger partial charge in [0, 0.05) is 38.4 Å². The first-order valence-electron chi connectivity index (χ1n) is 40.6. The molecule has 0 N–H and O–H groups in total. The molecule has 0 aliphatic carbocycles. The SMILES string of the molecule is CC(C)(C)c1cc(-c2cc(B3OC(C)(C)C(C)(C)O3)cc(-c3nc(-c4ccccc4)nc(-c4ccccc4-c4ccccc4)n3)c2)cc(C(C)(C)C)c1.CC(C)(C)c1cc(-c2cc(Cl)cc(-c3nc(-c4ccccc4)nc(-c4ccccc4-c4ccccc4)n3)c2)cc(C(C)(C)C)c1.CC1(C)OB(B2OC(C)(C)C(C)(C)O2)OC1(C)C. The Balaban J connectivity index is 0.000000168. The molecule has 12 aromatic rings. The van der Waals surface area contributed by atoms with Crippen molar-refractivity contribution >= 4 is 38.2 Å². The standard InChI is InChI=1S/C47H50BN3O2.C41H38ClN3.C12H24B2O4/c1-44(2,3)36-26-34(27-37(30-36)45(4,5)6)33-25-35(29-38(28-33)48-52-46(7,8)47(9,10)53-48)42-49-41(32-21-15-12-16-22-32)50-43(51-42)40-24-18-17-23-39(40)31-19-13-11-14-20-31;1-40(2,3)32-22-30(23-33(26-32)41(4,5)6)29-21-31(25-34(42)24-29)38-43-37(28-17-11-8-12-18-28)44-39(45-38)36-20-14-13-19-35(36)27-15-9-7-10-16-27;1-9(2)10(3,4)16-13(15-9)14-17-11(5,6)12(7,8)18-14/h11-30H,1-10H3;7-26H,1-6H3;1-8H3. The highest BCUT2D eigenvalue weighted by atomic mass is 35.5. The van der Waals surface area contributed by atoms with Crippen LogP contribution in [0.1, 0.15) is 188 Å². The quantitative estimate of drug-likeness (QED) is 0.108. The second kappa shape index (κ2) is 32.1. The number of rotatable bonds is 12. The van der Waals surface area contributed by atoms with Gasteiger partial charge in [0.05, 0.1) is 33.6 Å². The van der Waals surface area contributed by atoms with Crippen LogP contribution in [0.4, 0.5) is 0 Å². The Hall–Kier alpha value is -9.54. The summed E-state index contributed by atoms with van der Waals surface area (Å²) in [5.41, 5.74) is 17.7. The van der Waals surface area contributed by atoms with Crippen LogP contribution in [0.15, 0.2) is 243 Å². The van der Waals surface area contributed by atoms with Crippen molar-refractivity contribution in [2.75, 3.05) is 0 Å². The van der Waals surface area contributed by atoms with Gasteiger partial charge < -0.3 is 27.9 Å². The first-order chi connectivity index (χ1) is 54.3. The fraction of sp³-hybridized carbons (Fsp3) is 0.340. The lowest BCUT2D eigenvalue weighted by Crippen LogP contribution is -2.41. The van der Waals surface area contributed by atoms with Gasteiger partial charge in [-0.2, -0.15) is 0 Å². The highest BCUT2D eigenvalue weighted by Crippen LogP contribution is 2.46. The van der Waals surface area contributed by atoms with Crippen LogP contribution in [-0.2, 0) is 49.6 Å². The average Bonchev–Trinajstić information content (AvgIpc) is 1.56. The largest absolute Gasteiger partial charge is 0.494 e. The van der Waals surface area contributed by atoms with E-state index < -0.39 is 32.3 Å². The summed E-state index contributed by atoms with van der Waals surface area (Å²) in [6.07, 6.45) is 0. The molecule has 3 aliphatic rings. The van der Waals surface area contributed by atoms with Crippen LogP contribution in [0.3, 0.4) is 0 Å². The Morgan fingerprint density at radius 2 is 0.466 bits per heavy atom. The summed E-state index contributed by atoms with van der Waals surface area (Å²) in [6.45, 7) is 51.8. The number of benzene rings is 10. The fourth-order valence-electron chi connectivity index (χ4n) is 14.0. The molecule has 3 saturated heterocycles. The second-order valence-corrected chi connectivity index (χ2v) is 38.6. The Morgan fingerprint density at radius 1 is 0.233 bits per heavy atom. The predicted molar refractivity (Wildman–Crippen MR) is 482 cm³/mol. The van der Waals surface area contributed by atoms with Crippen LogP contribution in [-0.4, -0.2) is 84.6 Å². The zero-order valence-corrected chi connectivity index (χ0v) is 73.1. The summed E-state index contributed by atoms with van der Waals surface area (Å²) in [6, 6.07) is 84.1. The van der Waals surface area contributed by atoms with E-state index in [-0.39, 0.29) is 44.1 Å². The monoisotopic (exact) mass is 1560 g/mol. The van der Waals surface area contributed by atoms with Gasteiger partial charge in [0.1, 0.15) is 0 Å². The maximum absolute atomic E-state index is 6.86. The van der Waals surface area contributed by atoms with Crippen molar-refractivity contribution < 1.29 is 27.9 Å². The molecule has 0 spiro atoms. The molecule has 0 amide bonds. The van der Waals surface area contributed by atoms with Gasteiger partial charge in [-0.25, -0.2) is 29.9 Å². The third-order valence-corrected chi connectivity index (χ3v) is 23.7. The second-order valence-electron chi connectivity index (χ2n) is 38.2. The van der Waals surface area contributed by atoms with E-state index in [1.807, 2.05) is 171 Å². The van der Waals surface area contributed by atoms with Crippen LogP contribution in [0, 0.1) is 0 Å². The molecule has 594 valence electrons. The lowest BCUT2D eigenvalue weighted by molar-refractivity contribution is 0.00578. The van der Waals surface area contributed by atoms with Crippen molar-refractivity contribution in [1.29, 1.82) is 0 Å². The number of halogens is 1. The molecule has 3 aliphatic heterocycles. The number of hydrogen-bond donors (Lipinski definition) is 0. The van der Waals surface area contributed by atoms with E-state index >= 15 is 0 Å². The van der Waals surface area contributed by atoms with Crippen LogP contribution in [0.5, 0.6) is 0 Å². The van der Waals surface area contributed by atoms with Gasteiger partial charge in [0.15, 0.2) is 34.9 Å². The Kier molecular flexibility index (Phi) is 23.3. The fourth-order valence-corrected chi connectivity index (χ4v) is 14.3. The maximum Gasteiger partial charge on any atom is 0.494 e. The van der Waals surface area contributed by atoms with E-state index in [0.717, 1.165) is 83.4 Å². The van der Waals surface area contributed by atoms with E-state index in [4.69, 9.17) is 69.4 Å². The molecule has 116 heavy (non-hydrogen) atoms. The maximum atomic E-state index is 6.86. The summed E-state index contributed by atoms with van der Waals surface area (Å²) in [7, 11) is -1.52. The van der Waals surface area contributed by atoms with Crippen molar-refractivity contribution in [3.05, 3.63) is 270 Å². The molecule has 2 aromatic heterocycles. The third kappa shape index (κ3) is 18.6. The van der Waals surface area contributed by atoms with Crippen molar-refractivity contribution in [3.63, 3.8) is 0 Å². The molecule has 0 atom stereocenters. The molecule has 3 fully saturated rings. The van der Waals surface area contributed by atoms with E-state index in [1.54, 1.807) is 0 Å². The lowest BCUT2D eigenvalue weighted by Gasteiger charge is -2.32. The van der Waals surface area contributed by atoms with E-state index in [1.165, 1.54) is 22.3 Å².